The molecule has 1 unspecified atom stereocenters. The molecule has 2 aromatic carbocycles. The van der Waals surface area contributed by atoms with Gasteiger partial charge in [-0.2, -0.15) is 0 Å². The smallest absolute Gasteiger partial charge is 0.242 e. The van der Waals surface area contributed by atoms with E-state index in [9.17, 15) is 13.2 Å². The van der Waals surface area contributed by atoms with E-state index in [-0.39, 0.29) is 23.3 Å². The molecule has 0 spiro atoms. The maximum absolute atomic E-state index is 12.1. The van der Waals surface area contributed by atoms with E-state index in [4.69, 9.17) is 11.6 Å². The largest absolute Gasteiger partial charge is 0.349 e. The number of nitrogens with zero attached hydrogens (tertiary/aromatic N) is 1. The Balaban J connectivity index is 2.02. The molecule has 0 heterocycles. The molecule has 0 aromatic heterocycles. The van der Waals surface area contributed by atoms with Crippen molar-refractivity contribution in [3.63, 3.8) is 0 Å². The van der Waals surface area contributed by atoms with E-state index >= 15 is 0 Å². The van der Waals surface area contributed by atoms with Crippen LogP contribution in [0, 0.1) is 0 Å². The van der Waals surface area contributed by atoms with Crippen LogP contribution in [-0.2, 0) is 21.2 Å². The first-order valence-corrected chi connectivity index (χ1v) is 9.58. The van der Waals surface area contributed by atoms with Crippen LogP contribution in [0.15, 0.2) is 53.4 Å². The van der Waals surface area contributed by atoms with Crippen LogP contribution in [0.1, 0.15) is 24.1 Å². The molecule has 0 aliphatic rings. The molecule has 0 bridgehead atoms. The topological polar surface area (TPSA) is 66.5 Å². The highest BCUT2D eigenvalue weighted by molar-refractivity contribution is 7.89. The van der Waals surface area contributed by atoms with Gasteiger partial charge >= 0.3 is 0 Å². The molecule has 1 atom stereocenters. The molecule has 0 fully saturated rings. The molecular formula is C18H21ClN2O3S. The number of hydrogen-bond acceptors (Lipinski definition) is 3. The van der Waals surface area contributed by atoms with Crippen molar-refractivity contribution in [2.75, 3.05) is 14.1 Å². The third-order valence-corrected chi connectivity index (χ3v) is 5.90. The van der Waals surface area contributed by atoms with Crippen molar-refractivity contribution in [1.29, 1.82) is 0 Å². The Hall–Kier alpha value is -1.89. The van der Waals surface area contributed by atoms with Gasteiger partial charge < -0.3 is 5.32 Å². The summed E-state index contributed by atoms with van der Waals surface area (Å²) in [7, 11) is -0.474. The second kappa shape index (κ2) is 7.99. The first-order valence-electron chi connectivity index (χ1n) is 7.76. The Kier molecular flexibility index (Phi) is 6.21. The summed E-state index contributed by atoms with van der Waals surface area (Å²) in [5.74, 6) is -0.111. The molecule has 7 heteroatoms. The lowest BCUT2D eigenvalue weighted by molar-refractivity contribution is -0.121. The molecule has 0 aliphatic heterocycles. The fourth-order valence-corrected chi connectivity index (χ4v) is 3.33. The molecule has 0 saturated heterocycles. The number of halogens is 1. The summed E-state index contributed by atoms with van der Waals surface area (Å²) in [6.07, 6.45) is 0.259. The van der Waals surface area contributed by atoms with Crippen LogP contribution in [0.25, 0.3) is 0 Å². The van der Waals surface area contributed by atoms with Gasteiger partial charge in [-0.05, 0) is 42.3 Å². The van der Waals surface area contributed by atoms with Gasteiger partial charge in [0.05, 0.1) is 17.4 Å². The molecule has 1 amide bonds. The van der Waals surface area contributed by atoms with Gasteiger partial charge in [0.1, 0.15) is 0 Å². The lowest BCUT2D eigenvalue weighted by atomic mass is 10.1. The minimum Gasteiger partial charge on any atom is -0.349 e. The number of amides is 1. The van der Waals surface area contributed by atoms with Crippen molar-refractivity contribution < 1.29 is 13.2 Å². The monoisotopic (exact) mass is 380 g/mol. The number of rotatable bonds is 6. The Bertz CT molecular complexity index is 832. The predicted octanol–water partition coefficient (Wildman–Crippen LogP) is 3.01. The summed E-state index contributed by atoms with van der Waals surface area (Å²) in [4.78, 5) is 12.4. The highest BCUT2D eigenvalue weighted by Gasteiger charge is 2.17. The van der Waals surface area contributed by atoms with Crippen molar-refractivity contribution in [2.45, 2.75) is 24.3 Å². The average Bonchev–Trinajstić information content (AvgIpc) is 2.56. The zero-order valence-corrected chi connectivity index (χ0v) is 15.9. The molecule has 134 valence electrons. The summed E-state index contributed by atoms with van der Waals surface area (Å²) in [6.45, 7) is 1.86. The maximum Gasteiger partial charge on any atom is 0.242 e. The molecule has 2 aromatic rings. The number of sulfonamides is 1. The van der Waals surface area contributed by atoms with Crippen LogP contribution >= 0.6 is 11.6 Å². The van der Waals surface area contributed by atoms with Gasteiger partial charge in [-0.25, -0.2) is 12.7 Å². The van der Waals surface area contributed by atoms with Gasteiger partial charge in [0.15, 0.2) is 0 Å². The SMILES string of the molecule is CC(NC(=O)Cc1ccc(Cl)cc1)c1ccc(S(=O)(=O)N(C)C)cc1. The highest BCUT2D eigenvalue weighted by Crippen LogP contribution is 2.18. The van der Waals surface area contributed by atoms with Gasteiger partial charge in [-0.3, -0.25) is 4.79 Å². The minimum absolute atomic E-state index is 0.111. The van der Waals surface area contributed by atoms with E-state index in [2.05, 4.69) is 5.32 Å². The van der Waals surface area contributed by atoms with E-state index < -0.39 is 10.0 Å². The second-order valence-corrected chi connectivity index (χ2v) is 8.54. The minimum atomic E-state index is -3.45. The van der Waals surface area contributed by atoms with Crippen molar-refractivity contribution in [2.24, 2.45) is 0 Å². The van der Waals surface area contributed by atoms with E-state index in [0.717, 1.165) is 11.1 Å². The number of benzene rings is 2. The molecule has 1 N–H and O–H groups in total. The number of hydrogen-bond donors (Lipinski definition) is 1. The fourth-order valence-electron chi connectivity index (χ4n) is 2.30. The zero-order valence-electron chi connectivity index (χ0n) is 14.4. The van der Waals surface area contributed by atoms with E-state index in [1.165, 1.54) is 18.4 Å². The van der Waals surface area contributed by atoms with Gasteiger partial charge in [0.2, 0.25) is 15.9 Å². The van der Waals surface area contributed by atoms with Crippen LogP contribution < -0.4 is 5.32 Å². The average molecular weight is 381 g/mol. The molecule has 5 nitrogen and oxygen atoms in total. The zero-order chi connectivity index (χ0) is 18.6. The third-order valence-electron chi connectivity index (χ3n) is 3.81. The van der Waals surface area contributed by atoms with E-state index in [1.807, 2.05) is 19.1 Å². The lowest BCUT2D eigenvalue weighted by Crippen LogP contribution is -2.28. The normalized spacial score (nSPS) is 12.8. The first-order chi connectivity index (χ1) is 11.7. The van der Waals surface area contributed by atoms with Crippen LogP contribution in [0.2, 0.25) is 5.02 Å². The molecule has 2 rings (SSSR count). The third kappa shape index (κ3) is 5.04. The predicted molar refractivity (Wildman–Crippen MR) is 99.0 cm³/mol. The molecule has 0 radical (unpaired) electrons. The van der Waals surface area contributed by atoms with Crippen molar-refractivity contribution in [3.8, 4) is 0 Å². The summed E-state index contributed by atoms with van der Waals surface area (Å²) in [5, 5.41) is 3.54. The Morgan fingerprint density at radius 3 is 2.16 bits per heavy atom. The number of nitrogens with one attached hydrogen (secondary N) is 1. The van der Waals surface area contributed by atoms with Gasteiger partial charge in [-0.1, -0.05) is 35.9 Å². The van der Waals surface area contributed by atoms with E-state index in [1.54, 1.807) is 36.4 Å². The van der Waals surface area contributed by atoms with Crippen molar-refractivity contribution in [1.82, 2.24) is 9.62 Å². The maximum atomic E-state index is 12.1. The van der Waals surface area contributed by atoms with Crippen LogP contribution in [0.5, 0.6) is 0 Å². The quantitative estimate of drug-likeness (QED) is 0.837. The van der Waals surface area contributed by atoms with Crippen LogP contribution in [0.3, 0.4) is 0 Å². The number of carbonyl (C=O) groups excluding carboxylic acids is 1. The Morgan fingerprint density at radius 1 is 1.08 bits per heavy atom. The summed E-state index contributed by atoms with van der Waals surface area (Å²) in [5.41, 5.74) is 1.71. The molecule has 0 saturated carbocycles. The van der Waals surface area contributed by atoms with Crippen LogP contribution in [0.4, 0.5) is 0 Å². The molecular weight excluding hydrogens is 360 g/mol. The molecule has 0 aliphatic carbocycles. The van der Waals surface area contributed by atoms with Gasteiger partial charge in [0.25, 0.3) is 0 Å². The lowest BCUT2D eigenvalue weighted by Gasteiger charge is -2.16. The highest BCUT2D eigenvalue weighted by atomic mass is 35.5. The summed E-state index contributed by atoms with van der Waals surface area (Å²) < 4.78 is 25.3. The number of carbonyl (C=O) groups is 1. The van der Waals surface area contributed by atoms with E-state index in [0.29, 0.717) is 5.02 Å². The van der Waals surface area contributed by atoms with Gasteiger partial charge in [0, 0.05) is 19.1 Å². The summed E-state index contributed by atoms with van der Waals surface area (Å²) in [6, 6.07) is 13.4. The Labute approximate surface area is 153 Å². The summed E-state index contributed by atoms with van der Waals surface area (Å²) >= 11 is 5.83. The first kappa shape index (κ1) is 19.4. The van der Waals surface area contributed by atoms with Gasteiger partial charge in [-0.15, -0.1) is 0 Å². The molecule has 25 heavy (non-hydrogen) atoms. The standard InChI is InChI=1S/C18H21ClN2O3S/c1-13(20-18(22)12-14-4-8-16(19)9-5-14)15-6-10-17(11-7-15)25(23,24)21(2)3/h4-11,13H,12H2,1-3H3,(H,20,22). The van der Waals surface area contributed by atoms with Crippen molar-refractivity contribution in [3.05, 3.63) is 64.7 Å². The fraction of sp³-hybridized carbons (Fsp3) is 0.278. The van der Waals surface area contributed by atoms with Crippen molar-refractivity contribution >= 4 is 27.5 Å². The Morgan fingerprint density at radius 2 is 1.64 bits per heavy atom. The van der Waals surface area contributed by atoms with Crippen LogP contribution in [-0.4, -0.2) is 32.7 Å². The second-order valence-electron chi connectivity index (χ2n) is 5.95.